The summed E-state index contributed by atoms with van der Waals surface area (Å²) in [7, 11) is 0. The van der Waals surface area contributed by atoms with Crippen molar-refractivity contribution in [3.63, 3.8) is 0 Å². The Morgan fingerprint density at radius 2 is 2.04 bits per heavy atom. The van der Waals surface area contributed by atoms with Crippen molar-refractivity contribution in [3.05, 3.63) is 64.1 Å². The topological polar surface area (TPSA) is 50.4 Å². The van der Waals surface area contributed by atoms with Crippen LogP contribution in [-0.4, -0.2) is 18.1 Å². The van der Waals surface area contributed by atoms with Crippen molar-refractivity contribution < 1.29 is 9.53 Å². The number of hydrogen-bond acceptors (Lipinski definition) is 3. The van der Waals surface area contributed by atoms with E-state index in [1.165, 1.54) is 5.56 Å². The largest absolute Gasteiger partial charge is 0.357 e. The molecule has 0 unspecified atom stereocenters. The molecule has 4 rings (SSSR count). The average Bonchev–Trinajstić information content (AvgIpc) is 2.93. The summed E-state index contributed by atoms with van der Waals surface area (Å²) in [5.74, 6) is -0.0447. The minimum atomic E-state index is -0.915. The lowest BCUT2D eigenvalue weighted by Crippen LogP contribution is -2.52. The lowest BCUT2D eigenvalue weighted by molar-refractivity contribution is -0.167. The molecule has 2 aromatic rings. The summed E-state index contributed by atoms with van der Waals surface area (Å²) in [6.07, 6.45) is 3.63. The van der Waals surface area contributed by atoms with E-state index in [-0.39, 0.29) is 18.1 Å². The smallest absolute Gasteiger partial charge is 0.261 e. The number of anilines is 1. The van der Waals surface area contributed by atoms with Gasteiger partial charge in [0.15, 0.2) is 5.60 Å². The van der Waals surface area contributed by atoms with Gasteiger partial charge in [0.05, 0.1) is 6.10 Å². The maximum atomic E-state index is 13.0. The maximum absolute atomic E-state index is 13.0. The summed E-state index contributed by atoms with van der Waals surface area (Å²) in [4.78, 5) is 13.0. The van der Waals surface area contributed by atoms with Gasteiger partial charge in [-0.05, 0) is 30.5 Å². The van der Waals surface area contributed by atoms with Crippen LogP contribution in [0.25, 0.3) is 0 Å². The van der Waals surface area contributed by atoms with Gasteiger partial charge < -0.3 is 15.4 Å². The summed E-state index contributed by atoms with van der Waals surface area (Å²) in [6.45, 7) is 2.96. The predicted molar refractivity (Wildman–Crippen MR) is 111 cm³/mol. The molecule has 2 aromatic carbocycles. The minimum Gasteiger partial charge on any atom is -0.357 e. The molecule has 1 amide bonds. The Labute approximate surface area is 168 Å². The van der Waals surface area contributed by atoms with Crippen LogP contribution in [0.4, 0.5) is 5.69 Å². The van der Waals surface area contributed by atoms with Gasteiger partial charge in [0.2, 0.25) is 0 Å². The molecule has 142 valence electrons. The first-order valence-corrected chi connectivity index (χ1v) is 10.5. The molecule has 0 aliphatic carbocycles. The Hall–Kier alpha value is -1.69. The third-order valence-corrected chi connectivity index (χ3v) is 6.19. The lowest BCUT2D eigenvalue weighted by Gasteiger charge is -2.42. The lowest BCUT2D eigenvalue weighted by atomic mass is 9.82. The summed E-state index contributed by atoms with van der Waals surface area (Å²) in [6, 6.07) is 16.5. The third-order valence-electron chi connectivity index (χ3n) is 5.53. The predicted octanol–water partition coefficient (Wildman–Crippen LogP) is 4.73. The molecule has 1 saturated heterocycles. The van der Waals surface area contributed by atoms with Crippen molar-refractivity contribution in [2.75, 3.05) is 5.32 Å². The fourth-order valence-corrected chi connectivity index (χ4v) is 5.01. The second-order valence-corrected chi connectivity index (χ2v) is 8.33. The summed E-state index contributed by atoms with van der Waals surface area (Å²) in [5, 5.41) is 6.71. The Bertz CT molecular complexity index is 826. The Morgan fingerprint density at radius 1 is 1.22 bits per heavy atom. The standard InChI is InChI=1S/C22H25BrN2O2/c1-2-7-17-12-16(24-14-15-8-4-3-5-9-15)13-22(27-17)20-18(23)10-6-11-19(20)25-21(22)26/h3-6,8-11,16-17,24H,2,7,12-14H2,1H3,(H,25,26)/t16-,17-,22+/m1/s1. The van der Waals surface area contributed by atoms with Crippen molar-refractivity contribution >= 4 is 27.5 Å². The van der Waals surface area contributed by atoms with E-state index >= 15 is 0 Å². The van der Waals surface area contributed by atoms with E-state index in [0.29, 0.717) is 6.42 Å². The van der Waals surface area contributed by atoms with Crippen LogP contribution in [0, 0.1) is 0 Å². The van der Waals surface area contributed by atoms with Gasteiger partial charge in [0.1, 0.15) is 0 Å². The molecule has 2 N–H and O–H groups in total. The Kier molecular flexibility index (Phi) is 5.35. The molecule has 0 bridgehead atoms. The highest BCUT2D eigenvalue weighted by molar-refractivity contribution is 9.10. The van der Waals surface area contributed by atoms with Gasteiger partial charge in [-0.2, -0.15) is 0 Å². The first-order valence-electron chi connectivity index (χ1n) is 9.68. The molecule has 0 aromatic heterocycles. The second kappa shape index (κ2) is 7.74. The van der Waals surface area contributed by atoms with Crippen LogP contribution in [0.2, 0.25) is 0 Å². The summed E-state index contributed by atoms with van der Waals surface area (Å²) in [5.41, 5.74) is 2.14. The minimum absolute atomic E-state index is 0.0447. The van der Waals surface area contributed by atoms with Crippen LogP contribution in [0.1, 0.15) is 43.7 Å². The van der Waals surface area contributed by atoms with Crippen LogP contribution >= 0.6 is 15.9 Å². The van der Waals surface area contributed by atoms with E-state index in [2.05, 4.69) is 57.8 Å². The molecule has 1 fully saturated rings. The van der Waals surface area contributed by atoms with Gasteiger partial charge in [-0.25, -0.2) is 0 Å². The normalized spacial score (nSPS) is 26.8. The highest BCUT2D eigenvalue weighted by Gasteiger charge is 2.54. The Balaban J connectivity index is 1.62. The third kappa shape index (κ3) is 3.56. The summed E-state index contributed by atoms with van der Waals surface area (Å²) < 4.78 is 7.42. The zero-order valence-electron chi connectivity index (χ0n) is 15.5. The van der Waals surface area contributed by atoms with Crippen molar-refractivity contribution in [3.8, 4) is 0 Å². The number of halogens is 1. The van der Waals surface area contributed by atoms with E-state index < -0.39 is 5.60 Å². The van der Waals surface area contributed by atoms with Crippen molar-refractivity contribution in [1.82, 2.24) is 5.32 Å². The van der Waals surface area contributed by atoms with Crippen LogP contribution in [0.3, 0.4) is 0 Å². The van der Waals surface area contributed by atoms with E-state index in [0.717, 1.165) is 41.5 Å². The fourth-order valence-electron chi connectivity index (χ4n) is 4.32. The maximum Gasteiger partial charge on any atom is 0.261 e. The van der Waals surface area contributed by atoms with Crippen molar-refractivity contribution in [1.29, 1.82) is 0 Å². The fraction of sp³-hybridized carbons (Fsp3) is 0.409. The SMILES string of the molecule is CCC[C@@H]1C[C@@H](NCc2ccccc2)C[C@@]2(O1)C(=O)Nc1cccc(Br)c12. The number of nitrogens with one attached hydrogen (secondary N) is 2. The number of amides is 1. The van der Waals surface area contributed by atoms with Gasteiger partial charge >= 0.3 is 0 Å². The first-order chi connectivity index (χ1) is 13.1. The van der Waals surface area contributed by atoms with Crippen molar-refractivity contribution in [2.24, 2.45) is 0 Å². The molecule has 5 heteroatoms. The molecule has 0 radical (unpaired) electrons. The van der Waals surface area contributed by atoms with Gasteiger partial charge in [0, 0.05) is 34.7 Å². The molecule has 1 spiro atoms. The number of rotatable bonds is 5. The van der Waals surface area contributed by atoms with E-state index in [1.54, 1.807) is 0 Å². The zero-order chi connectivity index (χ0) is 18.9. The van der Waals surface area contributed by atoms with Crippen LogP contribution in [0.5, 0.6) is 0 Å². The van der Waals surface area contributed by atoms with Crippen LogP contribution in [-0.2, 0) is 21.7 Å². The zero-order valence-corrected chi connectivity index (χ0v) is 17.1. The number of ether oxygens (including phenoxy) is 1. The van der Waals surface area contributed by atoms with Gasteiger partial charge in [0.25, 0.3) is 5.91 Å². The van der Waals surface area contributed by atoms with Crippen molar-refractivity contribution in [2.45, 2.75) is 56.9 Å². The molecule has 0 saturated carbocycles. The van der Waals surface area contributed by atoms with Gasteiger partial charge in [-0.1, -0.05) is 65.7 Å². The first kappa shape index (κ1) is 18.7. The second-order valence-electron chi connectivity index (χ2n) is 7.48. The van der Waals surface area contributed by atoms with Gasteiger partial charge in [-0.15, -0.1) is 0 Å². The molecule has 2 aliphatic rings. The number of fused-ring (bicyclic) bond motifs is 2. The molecular formula is C22H25BrN2O2. The van der Waals surface area contributed by atoms with Crippen LogP contribution in [0.15, 0.2) is 53.0 Å². The summed E-state index contributed by atoms with van der Waals surface area (Å²) >= 11 is 3.65. The number of hydrogen-bond donors (Lipinski definition) is 2. The molecule has 3 atom stereocenters. The van der Waals surface area contributed by atoms with Gasteiger partial charge in [-0.3, -0.25) is 4.79 Å². The average molecular weight is 429 g/mol. The van der Waals surface area contributed by atoms with Crippen LogP contribution < -0.4 is 10.6 Å². The highest BCUT2D eigenvalue weighted by Crippen LogP contribution is 2.49. The molecule has 2 heterocycles. The molecule has 4 nitrogen and oxygen atoms in total. The number of carbonyl (C=O) groups excluding carboxylic acids is 1. The molecule has 2 aliphatic heterocycles. The molecular weight excluding hydrogens is 404 g/mol. The van der Waals surface area contributed by atoms with E-state index in [1.807, 2.05) is 24.3 Å². The van der Waals surface area contributed by atoms with E-state index in [4.69, 9.17) is 4.74 Å². The number of carbonyl (C=O) groups is 1. The van der Waals surface area contributed by atoms with E-state index in [9.17, 15) is 4.79 Å². The Morgan fingerprint density at radius 3 is 2.81 bits per heavy atom. The quantitative estimate of drug-likeness (QED) is 0.723. The highest BCUT2D eigenvalue weighted by atomic mass is 79.9. The monoisotopic (exact) mass is 428 g/mol. The number of benzene rings is 2. The molecule has 27 heavy (non-hydrogen) atoms.